The highest BCUT2D eigenvalue weighted by molar-refractivity contribution is 5.39. The summed E-state index contributed by atoms with van der Waals surface area (Å²) in [6, 6.07) is 6.00. The fourth-order valence-electron chi connectivity index (χ4n) is 2.12. The van der Waals surface area contributed by atoms with Crippen molar-refractivity contribution < 1.29 is 14.9 Å². The predicted molar refractivity (Wildman–Crippen MR) is 81.2 cm³/mol. The summed E-state index contributed by atoms with van der Waals surface area (Å²) >= 11 is 0. The number of hydrogen-bond acceptors (Lipinski definition) is 4. The van der Waals surface area contributed by atoms with Gasteiger partial charge < -0.3 is 19.8 Å². The minimum atomic E-state index is -0.534. The van der Waals surface area contributed by atoms with Gasteiger partial charge in [-0.2, -0.15) is 0 Å². The Hall–Kier alpha value is -1.10. The summed E-state index contributed by atoms with van der Waals surface area (Å²) in [5.41, 5.74) is 2.17. The van der Waals surface area contributed by atoms with Crippen molar-refractivity contribution in [2.24, 2.45) is 0 Å². The lowest BCUT2D eigenvalue weighted by molar-refractivity contribution is 0.0704. The molecule has 4 nitrogen and oxygen atoms in total. The van der Waals surface area contributed by atoms with Gasteiger partial charge in [0.1, 0.15) is 18.5 Å². The Labute approximate surface area is 122 Å². The average Bonchev–Trinajstić information content (AvgIpc) is 2.35. The van der Waals surface area contributed by atoms with Crippen LogP contribution in [0.4, 0.5) is 0 Å². The second kappa shape index (κ2) is 8.25. The van der Waals surface area contributed by atoms with E-state index >= 15 is 0 Å². The third kappa shape index (κ3) is 5.90. The normalized spacial score (nSPS) is 14.3. The Bertz CT molecular complexity index is 386. The van der Waals surface area contributed by atoms with E-state index in [1.54, 1.807) is 6.92 Å². The van der Waals surface area contributed by atoms with Gasteiger partial charge in [-0.05, 0) is 45.4 Å². The van der Waals surface area contributed by atoms with E-state index in [0.29, 0.717) is 13.0 Å². The third-order valence-corrected chi connectivity index (χ3v) is 3.28. The van der Waals surface area contributed by atoms with Crippen LogP contribution in [0.1, 0.15) is 24.5 Å². The molecule has 0 heterocycles. The van der Waals surface area contributed by atoms with Gasteiger partial charge in [0.25, 0.3) is 0 Å². The zero-order valence-electron chi connectivity index (χ0n) is 13.0. The van der Waals surface area contributed by atoms with E-state index in [1.807, 2.05) is 44.0 Å². The van der Waals surface area contributed by atoms with Crippen molar-refractivity contribution in [3.8, 4) is 5.75 Å². The Morgan fingerprint density at radius 2 is 1.80 bits per heavy atom. The molecule has 0 saturated heterocycles. The molecule has 0 aliphatic heterocycles. The standard InChI is InChI=1S/C16H27NO3/c1-12-6-5-7-13(2)16(12)20-11-15(19)10-17(4)9-8-14(3)18/h5-7,14-15,18-19H,8-11H2,1-4H3. The summed E-state index contributed by atoms with van der Waals surface area (Å²) in [6.45, 7) is 7.36. The highest BCUT2D eigenvalue weighted by atomic mass is 16.5. The van der Waals surface area contributed by atoms with E-state index in [1.165, 1.54) is 0 Å². The van der Waals surface area contributed by atoms with Crippen LogP contribution in [0.15, 0.2) is 18.2 Å². The van der Waals surface area contributed by atoms with Gasteiger partial charge in [-0.3, -0.25) is 0 Å². The molecule has 0 aromatic heterocycles. The molecule has 20 heavy (non-hydrogen) atoms. The van der Waals surface area contributed by atoms with Gasteiger partial charge in [0.2, 0.25) is 0 Å². The molecule has 2 unspecified atom stereocenters. The monoisotopic (exact) mass is 281 g/mol. The number of hydrogen-bond donors (Lipinski definition) is 2. The molecule has 0 aliphatic carbocycles. The molecule has 0 aliphatic rings. The van der Waals surface area contributed by atoms with Crippen LogP contribution in [-0.2, 0) is 0 Å². The molecular formula is C16H27NO3. The van der Waals surface area contributed by atoms with Crippen LogP contribution in [0.25, 0.3) is 0 Å². The van der Waals surface area contributed by atoms with Gasteiger partial charge in [-0.1, -0.05) is 18.2 Å². The SMILES string of the molecule is Cc1cccc(C)c1OCC(O)CN(C)CCC(C)O. The van der Waals surface area contributed by atoms with Crippen molar-refractivity contribution in [3.63, 3.8) is 0 Å². The lowest BCUT2D eigenvalue weighted by Gasteiger charge is -2.22. The number of likely N-dealkylation sites (N-methyl/N-ethyl adjacent to an activating group) is 1. The molecule has 2 N–H and O–H groups in total. The van der Waals surface area contributed by atoms with Crippen molar-refractivity contribution in [3.05, 3.63) is 29.3 Å². The molecule has 1 aromatic rings. The van der Waals surface area contributed by atoms with Crippen LogP contribution in [0.2, 0.25) is 0 Å². The maximum atomic E-state index is 10.00. The van der Waals surface area contributed by atoms with Gasteiger partial charge in [-0.15, -0.1) is 0 Å². The largest absolute Gasteiger partial charge is 0.490 e. The molecule has 1 aromatic carbocycles. The van der Waals surface area contributed by atoms with E-state index in [2.05, 4.69) is 0 Å². The maximum Gasteiger partial charge on any atom is 0.125 e. The topological polar surface area (TPSA) is 52.9 Å². The lowest BCUT2D eigenvalue weighted by atomic mass is 10.1. The van der Waals surface area contributed by atoms with Gasteiger partial charge >= 0.3 is 0 Å². The first kappa shape index (κ1) is 17.0. The highest BCUT2D eigenvalue weighted by Gasteiger charge is 2.11. The first-order chi connectivity index (χ1) is 9.40. The molecular weight excluding hydrogens is 254 g/mol. The number of nitrogens with zero attached hydrogens (tertiary/aromatic N) is 1. The summed E-state index contributed by atoms with van der Waals surface area (Å²) in [7, 11) is 1.94. The number of aryl methyl sites for hydroxylation is 2. The van der Waals surface area contributed by atoms with Crippen LogP contribution in [-0.4, -0.2) is 54.1 Å². The molecule has 114 valence electrons. The van der Waals surface area contributed by atoms with Crippen LogP contribution < -0.4 is 4.74 Å². The second-order valence-electron chi connectivity index (χ2n) is 5.59. The summed E-state index contributed by atoms with van der Waals surface area (Å²) in [5, 5.41) is 19.2. The van der Waals surface area contributed by atoms with Crippen molar-refractivity contribution in [1.29, 1.82) is 0 Å². The van der Waals surface area contributed by atoms with Crippen LogP contribution >= 0.6 is 0 Å². The smallest absolute Gasteiger partial charge is 0.125 e. The Morgan fingerprint density at radius 3 is 2.35 bits per heavy atom. The summed E-state index contributed by atoms with van der Waals surface area (Å²) in [5.74, 6) is 0.859. The van der Waals surface area contributed by atoms with Crippen LogP contribution in [0.5, 0.6) is 5.75 Å². The quantitative estimate of drug-likeness (QED) is 0.762. The fraction of sp³-hybridized carbons (Fsp3) is 0.625. The van der Waals surface area contributed by atoms with Crippen LogP contribution in [0.3, 0.4) is 0 Å². The van der Waals surface area contributed by atoms with Crippen LogP contribution in [0, 0.1) is 13.8 Å². The minimum absolute atomic E-state index is 0.282. The maximum absolute atomic E-state index is 10.00. The summed E-state index contributed by atoms with van der Waals surface area (Å²) in [6.07, 6.45) is -0.130. The van der Waals surface area contributed by atoms with Crippen molar-refractivity contribution in [1.82, 2.24) is 4.90 Å². The molecule has 2 atom stereocenters. The van der Waals surface area contributed by atoms with E-state index in [4.69, 9.17) is 4.74 Å². The molecule has 4 heteroatoms. The first-order valence-electron chi connectivity index (χ1n) is 7.13. The molecule has 0 saturated carbocycles. The van der Waals surface area contributed by atoms with E-state index < -0.39 is 6.10 Å². The number of benzene rings is 1. The minimum Gasteiger partial charge on any atom is -0.490 e. The Kier molecular flexibility index (Phi) is 6.99. The second-order valence-corrected chi connectivity index (χ2v) is 5.59. The molecule has 0 radical (unpaired) electrons. The number of ether oxygens (including phenoxy) is 1. The summed E-state index contributed by atoms with van der Waals surface area (Å²) in [4.78, 5) is 2.01. The lowest BCUT2D eigenvalue weighted by Crippen LogP contribution is -2.34. The predicted octanol–water partition coefficient (Wildman–Crippen LogP) is 1.75. The molecule has 0 amide bonds. The zero-order chi connectivity index (χ0) is 15.1. The molecule has 1 rings (SSSR count). The van der Waals surface area contributed by atoms with E-state index in [0.717, 1.165) is 23.4 Å². The zero-order valence-corrected chi connectivity index (χ0v) is 13.0. The molecule has 0 fully saturated rings. The van der Waals surface area contributed by atoms with Crippen molar-refractivity contribution in [2.45, 2.75) is 39.4 Å². The van der Waals surface area contributed by atoms with Gasteiger partial charge in [-0.25, -0.2) is 0 Å². The average molecular weight is 281 g/mol. The van der Waals surface area contributed by atoms with Gasteiger partial charge in [0.05, 0.1) is 6.10 Å². The number of aliphatic hydroxyl groups excluding tert-OH is 2. The van der Waals surface area contributed by atoms with Gasteiger partial charge in [0.15, 0.2) is 0 Å². The van der Waals surface area contributed by atoms with E-state index in [9.17, 15) is 10.2 Å². The van der Waals surface area contributed by atoms with Gasteiger partial charge in [0, 0.05) is 13.1 Å². The number of aliphatic hydroxyl groups is 2. The van der Waals surface area contributed by atoms with Crippen molar-refractivity contribution in [2.75, 3.05) is 26.7 Å². The van der Waals surface area contributed by atoms with Crippen molar-refractivity contribution >= 4 is 0 Å². The number of para-hydroxylation sites is 1. The third-order valence-electron chi connectivity index (χ3n) is 3.28. The molecule has 0 spiro atoms. The molecule has 0 bridgehead atoms. The Morgan fingerprint density at radius 1 is 1.20 bits per heavy atom. The number of rotatable bonds is 8. The summed E-state index contributed by atoms with van der Waals surface area (Å²) < 4.78 is 5.73. The fourth-order valence-corrected chi connectivity index (χ4v) is 2.12. The Balaban J connectivity index is 2.38. The van der Waals surface area contributed by atoms with E-state index in [-0.39, 0.29) is 12.7 Å². The highest BCUT2D eigenvalue weighted by Crippen LogP contribution is 2.22. The first-order valence-corrected chi connectivity index (χ1v) is 7.13.